The van der Waals surface area contributed by atoms with Crippen LogP contribution < -0.4 is 0 Å². The van der Waals surface area contributed by atoms with E-state index in [0.29, 0.717) is 6.04 Å². The first-order valence-electron chi connectivity index (χ1n) is 5.71. The zero-order valence-corrected chi connectivity index (χ0v) is 9.76. The van der Waals surface area contributed by atoms with E-state index in [9.17, 15) is 5.11 Å². The monoisotopic (exact) mass is 222 g/mol. The molecule has 2 heterocycles. The van der Waals surface area contributed by atoms with Crippen LogP contribution in [-0.2, 0) is 4.74 Å². The number of aromatic nitrogens is 2. The van der Waals surface area contributed by atoms with Crippen LogP contribution in [0.25, 0.3) is 0 Å². The number of hydrogen-bond donors (Lipinski definition) is 1. The van der Waals surface area contributed by atoms with Gasteiger partial charge in [-0.05, 0) is 32.3 Å². The summed E-state index contributed by atoms with van der Waals surface area (Å²) < 4.78 is 7.08. The highest BCUT2D eigenvalue weighted by molar-refractivity contribution is 5.21. The molecule has 0 fully saturated rings. The first-order chi connectivity index (χ1) is 7.68. The molecule has 1 unspecified atom stereocenters. The Balaban J connectivity index is 2.13. The first-order valence-corrected chi connectivity index (χ1v) is 5.71. The molecule has 2 rings (SSSR count). The van der Waals surface area contributed by atoms with Gasteiger partial charge in [-0.2, -0.15) is 5.10 Å². The van der Waals surface area contributed by atoms with E-state index in [-0.39, 0.29) is 0 Å². The maximum absolute atomic E-state index is 10.1. The first kappa shape index (κ1) is 11.2. The van der Waals surface area contributed by atoms with Gasteiger partial charge in [-0.1, -0.05) is 0 Å². The molecule has 1 aliphatic rings. The Kier molecular flexibility index (Phi) is 3.29. The van der Waals surface area contributed by atoms with Crippen LogP contribution in [0.4, 0.5) is 0 Å². The molecule has 88 valence electrons. The molecule has 1 N–H and O–H groups in total. The van der Waals surface area contributed by atoms with Crippen LogP contribution in [0.1, 0.15) is 44.4 Å². The number of hydrogen-bond acceptors (Lipinski definition) is 3. The molecule has 0 aliphatic carbocycles. The number of rotatable bonds is 3. The summed E-state index contributed by atoms with van der Waals surface area (Å²) in [5.41, 5.74) is 1.78. The van der Waals surface area contributed by atoms with Gasteiger partial charge >= 0.3 is 0 Å². The quantitative estimate of drug-likeness (QED) is 0.852. The largest absolute Gasteiger partial charge is 0.501 e. The second-order valence-electron chi connectivity index (χ2n) is 4.42. The third-order valence-electron chi connectivity index (χ3n) is 2.78. The third kappa shape index (κ3) is 2.27. The maximum atomic E-state index is 10.1. The van der Waals surface area contributed by atoms with E-state index in [1.54, 1.807) is 12.5 Å². The topological polar surface area (TPSA) is 47.3 Å². The number of nitrogens with zero attached hydrogens (tertiary/aromatic N) is 2. The van der Waals surface area contributed by atoms with Crippen molar-refractivity contribution in [1.82, 2.24) is 9.78 Å². The van der Waals surface area contributed by atoms with Crippen LogP contribution in [-0.4, -0.2) is 21.5 Å². The molecule has 0 saturated heterocycles. The molecule has 0 aromatic carbocycles. The summed E-state index contributed by atoms with van der Waals surface area (Å²) in [6.07, 6.45) is 6.59. The van der Waals surface area contributed by atoms with Gasteiger partial charge in [0, 0.05) is 17.8 Å². The van der Waals surface area contributed by atoms with Crippen molar-refractivity contribution in [3.8, 4) is 0 Å². The fraction of sp³-hybridized carbons (Fsp3) is 0.583. The summed E-state index contributed by atoms with van der Waals surface area (Å²) >= 11 is 0. The Morgan fingerprint density at radius 3 is 2.88 bits per heavy atom. The lowest BCUT2D eigenvalue weighted by molar-refractivity contribution is 0.170. The van der Waals surface area contributed by atoms with Gasteiger partial charge in [0.25, 0.3) is 0 Å². The molecule has 0 amide bonds. The molecule has 0 radical (unpaired) electrons. The second-order valence-corrected chi connectivity index (χ2v) is 4.42. The van der Waals surface area contributed by atoms with E-state index in [0.717, 1.165) is 30.6 Å². The van der Waals surface area contributed by atoms with E-state index in [1.165, 1.54) is 0 Å². The standard InChI is InChI=1S/C12H18N2O2/c1-9(2)14-7-11(6-13-14)12(15)10-4-3-5-16-8-10/h6-9,12,15H,3-5H2,1-2H3. The van der Waals surface area contributed by atoms with Gasteiger partial charge in [0.05, 0.1) is 19.1 Å². The van der Waals surface area contributed by atoms with E-state index >= 15 is 0 Å². The molecule has 1 aliphatic heterocycles. The van der Waals surface area contributed by atoms with Crippen molar-refractivity contribution in [2.75, 3.05) is 6.61 Å². The van der Waals surface area contributed by atoms with Crippen molar-refractivity contribution in [2.24, 2.45) is 0 Å². The van der Waals surface area contributed by atoms with Gasteiger partial charge in [-0.3, -0.25) is 4.68 Å². The lowest BCUT2D eigenvalue weighted by Gasteiger charge is -2.17. The van der Waals surface area contributed by atoms with Gasteiger partial charge in [-0.25, -0.2) is 0 Å². The van der Waals surface area contributed by atoms with Gasteiger partial charge in [0.15, 0.2) is 0 Å². The molecule has 0 bridgehead atoms. The van der Waals surface area contributed by atoms with E-state index < -0.39 is 6.10 Å². The van der Waals surface area contributed by atoms with Crippen molar-refractivity contribution in [1.29, 1.82) is 0 Å². The average molecular weight is 222 g/mol. The van der Waals surface area contributed by atoms with Crippen LogP contribution in [0.2, 0.25) is 0 Å². The van der Waals surface area contributed by atoms with Crippen molar-refractivity contribution in [3.05, 3.63) is 29.8 Å². The Morgan fingerprint density at radius 2 is 2.31 bits per heavy atom. The highest BCUT2D eigenvalue weighted by atomic mass is 16.5. The molecule has 4 heteroatoms. The highest BCUT2D eigenvalue weighted by Gasteiger charge is 2.18. The van der Waals surface area contributed by atoms with Gasteiger partial charge < -0.3 is 9.84 Å². The number of aliphatic hydroxyl groups is 1. The molecular weight excluding hydrogens is 204 g/mol. The fourth-order valence-electron chi connectivity index (χ4n) is 1.78. The molecule has 0 spiro atoms. The summed E-state index contributed by atoms with van der Waals surface area (Å²) in [6, 6.07) is 0.317. The summed E-state index contributed by atoms with van der Waals surface area (Å²) in [6.45, 7) is 4.87. The summed E-state index contributed by atoms with van der Waals surface area (Å²) in [7, 11) is 0. The Hall–Kier alpha value is -1.29. The smallest absolute Gasteiger partial charge is 0.106 e. The maximum Gasteiger partial charge on any atom is 0.106 e. The van der Waals surface area contributed by atoms with Crippen molar-refractivity contribution in [2.45, 2.75) is 38.8 Å². The predicted octanol–water partition coefficient (Wildman–Crippen LogP) is 2.19. The second kappa shape index (κ2) is 4.70. The lowest BCUT2D eigenvalue weighted by Crippen LogP contribution is -2.07. The van der Waals surface area contributed by atoms with E-state index in [4.69, 9.17) is 4.74 Å². The summed E-state index contributed by atoms with van der Waals surface area (Å²) in [5, 5.41) is 14.4. The van der Waals surface area contributed by atoms with Crippen LogP contribution in [0.5, 0.6) is 0 Å². The molecule has 1 aromatic heterocycles. The molecule has 1 atom stereocenters. The van der Waals surface area contributed by atoms with Crippen molar-refractivity contribution >= 4 is 0 Å². The van der Waals surface area contributed by atoms with Crippen LogP contribution in [0.3, 0.4) is 0 Å². The Bertz CT molecular complexity index is 382. The van der Waals surface area contributed by atoms with E-state index in [2.05, 4.69) is 18.9 Å². The van der Waals surface area contributed by atoms with Gasteiger partial charge in [-0.15, -0.1) is 0 Å². The van der Waals surface area contributed by atoms with Gasteiger partial charge in [0.2, 0.25) is 0 Å². The average Bonchev–Trinajstić information content (AvgIpc) is 2.78. The summed E-state index contributed by atoms with van der Waals surface area (Å²) in [5.74, 6) is 0. The number of ether oxygens (including phenoxy) is 1. The van der Waals surface area contributed by atoms with Crippen LogP contribution >= 0.6 is 0 Å². The molecular formula is C12H18N2O2. The molecule has 4 nitrogen and oxygen atoms in total. The van der Waals surface area contributed by atoms with Crippen molar-refractivity contribution in [3.63, 3.8) is 0 Å². The third-order valence-corrected chi connectivity index (χ3v) is 2.78. The van der Waals surface area contributed by atoms with E-state index in [1.807, 2.05) is 10.9 Å². The highest BCUT2D eigenvalue weighted by Crippen LogP contribution is 2.27. The minimum absolute atomic E-state index is 0.317. The minimum Gasteiger partial charge on any atom is -0.501 e. The van der Waals surface area contributed by atoms with Crippen LogP contribution in [0, 0.1) is 0 Å². The molecule has 16 heavy (non-hydrogen) atoms. The van der Waals surface area contributed by atoms with Crippen molar-refractivity contribution < 1.29 is 9.84 Å². The zero-order chi connectivity index (χ0) is 11.5. The fourth-order valence-corrected chi connectivity index (χ4v) is 1.78. The zero-order valence-electron chi connectivity index (χ0n) is 9.76. The Labute approximate surface area is 95.5 Å². The van der Waals surface area contributed by atoms with Crippen LogP contribution in [0.15, 0.2) is 24.2 Å². The Morgan fingerprint density at radius 1 is 1.50 bits per heavy atom. The van der Waals surface area contributed by atoms with Gasteiger partial charge in [0.1, 0.15) is 6.10 Å². The predicted molar refractivity (Wildman–Crippen MR) is 60.8 cm³/mol. The minimum atomic E-state index is -0.576. The summed E-state index contributed by atoms with van der Waals surface area (Å²) in [4.78, 5) is 0. The lowest BCUT2D eigenvalue weighted by atomic mass is 10.0. The normalized spacial score (nSPS) is 18.1. The SMILES string of the molecule is CC(C)n1cc(C(O)C2=COCCC2)cn1. The number of aliphatic hydroxyl groups excluding tert-OH is 1. The molecule has 0 saturated carbocycles. The molecule has 1 aromatic rings.